The summed E-state index contributed by atoms with van der Waals surface area (Å²) < 4.78 is 38.5. The second-order valence-corrected chi connectivity index (χ2v) is 3.23. The summed E-state index contributed by atoms with van der Waals surface area (Å²) >= 11 is 0. The van der Waals surface area contributed by atoms with Crippen LogP contribution in [0.4, 0.5) is 13.2 Å². The Morgan fingerprint density at radius 3 is 2.56 bits per heavy atom. The Kier molecular flexibility index (Phi) is 3.51. The first-order valence-electron chi connectivity index (χ1n) is 4.68. The fourth-order valence-electron chi connectivity index (χ4n) is 1.22. The minimum absolute atomic E-state index is 0.0611. The molecule has 0 saturated carbocycles. The van der Waals surface area contributed by atoms with Crippen molar-refractivity contribution in [3.63, 3.8) is 0 Å². The van der Waals surface area contributed by atoms with E-state index >= 15 is 0 Å². The van der Waals surface area contributed by atoms with Gasteiger partial charge in [-0.3, -0.25) is 4.79 Å². The molecule has 1 rings (SSSR count). The SMILES string of the molecule is CCCCn1nnc(C(N)=O)c1C(F)(F)F. The van der Waals surface area contributed by atoms with Crippen molar-refractivity contribution < 1.29 is 18.0 Å². The maximum atomic E-state index is 12.6. The van der Waals surface area contributed by atoms with Gasteiger partial charge in [-0.05, 0) is 6.42 Å². The number of amides is 1. The third-order valence-electron chi connectivity index (χ3n) is 1.96. The molecule has 1 amide bonds. The van der Waals surface area contributed by atoms with Crippen LogP contribution in [0.1, 0.15) is 35.9 Å². The Morgan fingerprint density at radius 2 is 2.12 bits per heavy atom. The summed E-state index contributed by atoms with van der Waals surface area (Å²) in [6.07, 6.45) is -3.45. The van der Waals surface area contributed by atoms with Crippen LogP contribution in [0.3, 0.4) is 0 Å². The van der Waals surface area contributed by atoms with Gasteiger partial charge < -0.3 is 5.73 Å². The third-order valence-corrected chi connectivity index (χ3v) is 1.96. The van der Waals surface area contributed by atoms with Crippen LogP contribution in [0, 0.1) is 0 Å². The van der Waals surface area contributed by atoms with Crippen molar-refractivity contribution in [2.45, 2.75) is 32.5 Å². The number of carbonyl (C=O) groups excluding carboxylic acids is 1. The highest BCUT2D eigenvalue weighted by Crippen LogP contribution is 2.31. The Hall–Kier alpha value is -1.60. The maximum Gasteiger partial charge on any atom is 0.435 e. The molecule has 0 fully saturated rings. The number of rotatable bonds is 4. The van der Waals surface area contributed by atoms with Gasteiger partial charge in [0, 0.05) is 6.54 Å². The molecule has 0 saturated heterocycles. The van der Waals surface area contributed by atoms with Crippen LogP contribution in [-0.4, -0.2) is 20.9 Å². The molecule has 0 atom stereocenters. The van der Waals surface area contributed by atoms with Crippen molar-refractivity contribution in [3.05, 3.63) is 11.4 Å². The van der Waals surface area contributed by atoms with Gasteiger partial charge in [-0.15, -0.1) is 5.10 Å². The number of aryl methyl sites for hydroxylation is 1. The highest BCUT2D eigenvalue weighted by atomic mass is 19.4. The van der Waals surface area contributed by atoms with Crippen LogP contribution < -0.4 is 5.73 Å². The number of aromatic nitrogens is 3. The first kappa shape index (κ1) is 12.5. The summed E-state index contributed by atoms with van der Waals surface area (Å²) in [6, 6.07) is 0. The summed E-state index contributed by atoms with van der Waals surface area (Å²) in [5.41, 5.74) is 2.80. The lowest BCUT2D eigenvalue weighted by Crippen LogP contribution is -2.21. The molecule has 8 heteroatoms. The highest BCUT2D eigenvalue weighted by Gasteiger charge is 2.40. The minimum atomic E-state index is -4.68. The zero-order valence-electron chi connectivity index (χ0n) is 8.58. The standard InChI is InChI=1S/C8H11F3N4O/c1-2-3-4-15-6(8(9,10)11)5(7(12)16)13-14-15/h2-4H2,1H3,(H2,12,16). The number of hydrogen-bond donors (Lipinski definition) is 1. The largest absolute Gasteiger partial charge is 0.435 e. The topological polar surface area (TPSA) is 73.8 Å². The lowest BCUT2D eigenvalue weighted by atomic mass is 10.2. The molecular formula is C8H11F3N4O. The van der Waals surface area contributed by atoms with E-state index in [0.29, 0.717) is 17.5 Å². The zero-order chi connectivity index (χ0) is 12.3. The molecule has 0 aliphatic carbocycles. The van der Waals surface area contributed by atoms with Crippen molar-refractivity contribution in [2.75, 3.05) is 0 Å². The Morgan fingerprint density at radius 1 is 1.50 bits per heavy atom. The lowest BCUT2D eigenvalue weighted by molar-refractivity contribution is -0.144. The van der Waals surface area contributed by atoms with Gasteiger partial charge in [0.25, 0.3) is 5.91 Å². The smallest absolute Gasteiger partial charge is 0.364 e. The normalized spacial score (nSPS) is 11.8. The highest BCUT2D eigenvalue weighted by molar-refractivity contribution is 5.91. The van der Waals surface area contributed by atoms with E-state index in [1.165, 1.54) is 0 Å². The van der Waals surface area contributed by atoms with Crippen LogP contribution in [0.25, 0.3) is 0 Å². The molecular weight excluding hydrogens is 225 g/mol. The third kappa shape index (κ3) is 2.50. The number of alkyl halides is 3. The quantitative estimate of drug-likeness (QED) is 0.853. The van der Waals surface area contributed by atoms with Gasteiger partial charge in [-0.25, -0.2) is 4.68 Å². The molecule has 90 valence electrons. The van der Waals surface area contributed by atoms with Crippen LogP contribution >= 0.6 is 0 Å². The van der Waals surface area contributed by atoms with Crippen LogP contribution in [0.15, 0.2) is 0 Å². The van der Waals surface area contributed by atoms with Gasteiger partial charge in [0.15, 0.2) is 11.4 Å². The number of hydrogen-bond acceptors (Lipinski definition) is 3. The average Bonchev–Trinajstić information content (AvgIpc) is 2.57. The van der Waals surface area contributed by atoms with E-state index in [-0.39, 0.29) is 6.54 Å². The van der Waals surface area contributed by atoms with Gasteiger partial charge in [-0.1, -0.05) is 18.6 Å². The van der Waals surface area contributed by atoms with E-state index in [1.54, 1.807) is 0 Å². The van der Waals surface area contributed by atoms with E-state index in [2.05, 4.69) is 10.3 Å². The van der Waals surface area contributed by atoms with Crippen LogP contribution in [0.2, 0.25) is 0 Å². The molecule has 16 heavy (non-hydrogen) atoms. The summed E-state index contributed by atoms with van der Waals surface area (Å²) in [6.45, 7) is 1.89. The molecule has 0 unspecified atom stereocenters. The number of unbranched alkanes of at least 4 members (excludes halogenated alkanes) is 1. The molecule has 1 heterocycles. The predicted molar refractivity (Wildman–Crippen MR) is 48.4 cm³/mol. The van der Waals surface area contributed by atoms with E-state index in [0.717, 1.165) is 0 Å². The zero-order valence-corrected chi connectivity index (χ0v) is 8.58. The summed E-state index contributed by atoms with van der Waals surface area (Å²) in [7, 11) is 0. The first-order valence-corrected chi connectivity index (χ1v) is 4.68. The summed E-state index contributed by atoms with van der Waals surface area (Å²) in [5, 5.41) is 6.44. The molecule has 0 bridgehead atoms. The molecule has 0 radical (unpaired) electrons. The molecule has 0 aliphatic heterocycles. The van der Waals surface area contributed by atoms with Gasteiger partial charge >= 0.3 is 6.18 Å². The van der Waals surface area contributed by atoms with E-state index < -0.39 is 23.5 Å². The summed E-state index contributed by atoms with van der Waals surface area (Å²) in [5.74, 6) is -1.23. The Balaban J connectivity index is 3.15. The van der Waals surface area contributed by atoms with E-state index in [1.807, 2.05) is 6.92 Å². The van der Waals surface area contributed by atoms with Crippen molar-refractivity contribution in [3.8, 4) is 0 Å². The molecule has 1 aromatic rings. The molecule has 0 spiro atoms. The number of nitrogens with zero attached hydrogens (tertiary/aromatic N) is 3. The van der Waals surface area contributed by atoms with Crippen molar-refractivity contribution in [2.24, 2.45) is 5.73 Å². The van der Waals surface area contributed by atoms with Crippen molar-refractivity contribution in [1.82, 2.24) is 15.0 Å². The van der Waals surface area contributed by atoms with Crippen LogP contribution in [0.5, 0.6) is 0 Å². The van der Waals surface area contributed by atoms with Crippen molar-refractivity contribution in [1.29, 1.82) is 0 Å². The van der Waals surface area contributed by atoms with E-state index in [4.69, 9.17) is 5.73 Å². The monoisotopic (exact) mass is 236 g/mol. The fourth-order valence-corrected chi connectivity index (χ4v) is 1.22. The van der Waals surface area contributed by atoms with Gasteiger partial charge in [0.2, 0.25) is 0 Å². The van der Waals surface area contributed by atoms with Crippen molar-refractivity contribution >= 4 is 5.91 Å². The van der Waals surface area contributed by atoms with E-state index in [9.17, 15) is 18.0 Å². The lowest BCUT2D eigenvalue weighted by Gasteiger charge is -2.09. The van der Waals surface area contributed by atoms with Gasteiger partial charge in [0.1, 0.15) is 0 Å². The molecule has 2 N–H and O–H groups in total. The molecule has 0 aliphatic rings. The average molecular weight is 236 g/mol. The minimum Gasteiger partial charge on any atom is -0.364 e. The van der Waals surface area contributed by atoms with Gasteiger partial charge in [-0.2, -0.15) is 13.2 Å². The molecule has 1 aromatic heterocycles. The fraction of sp³-hybridized carbons (Fsp3) is 0.625. The Labute approximate surface area is 89.4 Å². The number of nitrogens with two attached hydrogens (primary N) is 1. The maximum absolute atomic E-state index is 12.6. The molecule has 0 aromatic carbocycles. The first-order chi connectivity index (χ1) is 7.38. The Bertz CT molecular complexity index is 385. The number of carbonyl (C=O) groups is 1. The molecule has 5 nitrogen and oxygen atoms in total. The second kappa shape index (κ2) is 4.50. The number of primary amides is 1. The summed E-state index contributed by atoms with van der Waals surface area (Å²) in [4.78, 5) is 10.8. The second-order valence-electron chi connectivity index (χ2n) is 3.23. The van der Waals surface area contributed by atoms with Crippen LogP contribution in [-0.2, 0) is 12.7 Å². The number of halogens is 3. The predicted octanol–water partition coefficient (Wildman–Crippen LogP) is 1.20. The van der Waals surface area contributed by atoms with Gasteiger partial charge in [0.05, 0.1) is 0 Å².